The Bertz CT molecular complexity index is 2130. The molecule has 282 valence electrons. The fourth-order valence-electron chi connectivity index (χ4n) is 6.81. The van der Waals surface area contributed by atoms with E-state index in [0.29, 0.717) is 43.0 Å². The van der Waals surface area contributed by atoms with Crippen molar-refractivity contribution in [1.29, 1.82) is 0 Å². The number of halogens is 3. The highest BCUT2D eigenvalue weighted by Gasteiger charge is 2.52. The Kier molecular flexibility index (Phi) is 10.6. The van der Waals surface area contributed by atoms with E-state index in [-0.39, 0.29) is 23.9 Å². The number of hydrogen-bond acceptors (Lipinski definition) is 11. The molecule has 0 spiro atoms. The Morgan fingerprint density at radius 2 is 1.69 bits per heavy atom. The first-order chi connectivity index (χ1) is 26.1. The Morgan fingerprint density at radius 1 is 0.963 bits per heavy atom. The van der Waals surface area contributed by atoms with Gasteiger partial charge in [-0.15, -0.1) is 0 Å². The van der Waals surface area contributed by atoms with E-state index in [1.807, 2.05) is 61.0 Å². The molecule has 4 atom stereocenters. The predicted molar refractivity (Wildman–Crippen MR) is 193 cm³/mol. The Labute approximate surface area is 308 Å². The van der Waals surface area contributed by atoms with Gasteiger partial charge in [-0.2, -0.15) is 38.1 Å². The quantitative estimate of drug-likeness (QED) is 0.127. The third-order valence-corrected chi connectivity index (χ3v) is 9.65. The number of imidazole rings is 2. The van der Waals surface area contributed by atoms with Crippen molar-refractivity contribution < 1.29 is 27.8 Å². The van der Waals surface area contributed by atoms with E-state index in [9.17, 15) is 23.1 Å². The second-order valence-corrected chi connectivity index (χ2v) is 13.1. The van der Waals surface area contributed by atoms with Crippen molar-refractivity contribution in [1.82, 2.24) is 44.1 Å². The number of alkyl halides is 3. The average Bonchev–Trinajstić information content (AvgIpc) is 3.99. The number of carbonyl (C=O) groups is 1. The van der Waals surface area contributed by atoms with Crippen molar-refractivity contribution >= 4 is 28.9 Å². The number of aliphatic hydroxyl groups excluding tert-OH is 1. The average molecular weight is 744 g/mol. The minimum Gasteiger partial charge on any atom is -0.451 e. The molecule has 1 fully saturated rings. The van der Waals surface area contributed by atoms with Crippen LogP contribution in [0, 0.1) is 0 Å². The van der Waals surface area contributed by atoms with E-state index in [2.05, 4.69) is 55.1 Å². The summed E-state index contributed by atoms with van der Waals surface area (Å²) < 4.78 is 49.1. The second-order valence-electron chi connectivity index (χ2n) is 13.1. The van der Waals surface area contributed by atoms with E-state index in [1.165, 1.54) is 21.9 Å². The van der Waals surface area contributed by atoms with Crippen LogP contribution in [-0.4, -0.2) is 86.6 Å². The third kappa shape index (κ3) is 7.76. The number of aromatic nitrogens is 9. The van der Waals surface area contributed by atoms with Gasteiger partial charge in [0.05, 0.1) is 36.3 Å². The van der Waals surface area contributed by atoms with Crippen molar-refractivity contribution in [3.63, 3.8) is 0 Å². The monoisotopic (exact) mass is 743 g/mol. The van der Waals surface area contributed by atoms with Crippen LogP contribution in [0.15, 0.2) is 85.7 Å². The number of fused-ring (bicyclic) bond motifs is 1. The number of ether oxygens (including phenoxy) is 1. The van der Waals surface area contributed by atoms with Crippen LogP contribution in [0.25, 0.3) is 11.2 Å². The Morgan fingerprint density at radius 3 is 2.31 bits per heavy atom. The van der Waals surface area contributed by atoms with Crippen LogP contribution in [0.3, 0.4) is 0 Å². The number of nitrogens with zero attached hydrogens (tertiary/aromatic N) is 9. The number of aliphatic hydroxyl groups is 1. The van der Waals surface area contributed by atoms with Crippen LogP contribution in [0.1, 0.15) is 60.8 Å². The molecular formula is C37H40F3N11O3. The molecule has 4 aromatic heterocycles. The molecule has 0 unspecified atom stereocenters. The minimum absolute atomic E-state index is 0.0139. The maximum absolute atomic E-state index is 13.5. The molecule has 17 heteroatoms. The summed E-state index contributed by atoms with van der Waals surface area (Å²) in [4.78, 5) is 32.1. The SMILES string of the molecule is CCc1cnn([C@H]2C[C@@H](n3cnc4c(NCC(c5ccccc5)c5ccccc5)nc(NCCc5cn(CC)cn5)nc43)[C@H](OC(=O)C(F)(F)F)[C@@H]2O)n1. The lowest BCUT2D eigenvalue weighted by Crippen LogP contribution is -2.39. The van der Waals surface area contributed by atoms with Crippen LogP contribution in [0.5, 0.6) is 0 Å². The smallest absolute Gasteiger partial charge is 0.451 e. The van der Waals surface area contributed by atoms with Gasteiger partial charge in [0, 0.05) is 38.2 Å². The van der Waals surface area contributed by atoms with Gasteiger partial charge >= 0.3 is 12.1 Å². The van der Waals surface area contributed by atoms with Gasteiger partial charge in [0.1, 0.15) is 12.1 Å². The zero-order chi connectivity index (χ0) is 37.8. The van der Waals surface area contributed by atoms with Gasteiger partial charge in [0.15, 0.2) is 23.1 Å². The standard InChI is InChI=1S/C37H40F3N11O3/c1-3-25-18-45-51(48-25)28-17-29(32(31(28)52)54-35(53)37(38,39)40)50-22-44-30-33(42-19-27(23-11-7-5-8-12-23)24-13-9-6-10-14-24)46-36(47-34(30)50)41-16-15-26-20-49(4-2)21-43-26/h5-14,18,20-22,27-29,31-32,52H,3-4,15-17,19H2,1-2H3,(H2,41,42,46,47)/t28-,29+,31+,32-/m0/s1. The molecule has 6 aromatic rings. The number of hydrogen-bond donors (Lipinski definition) is 3. The molecule has 0 amide bonds. The maximum Gasteiger partial charge on any atom is 0.490 e. The summed E-state index contributed by atoms with van der Waals surface area (Å²) in [5, 5.41) is 26.8. The molecule has 4 heterocycles. The number of carbonyl (C=O) groups excluding carboxylic acids is 1. The molecule has 1 saturated carbocycles. The van der Waals surface area contributed by atoms with E-state index in [0.717, 1.165) is 23.4 Å². The Balaban J connectivity index is 1.26. The Hall–Kier alpha value is -5.84. The first-order valence-electron chi connectivity index (χ1n) is 17.8. The molecule has 0 saturated heterocycles. The van der Waals surface area contributed by atoms with Crippen molar-refractivity contribution in [3.8, 4) is 0 Å². The summed E-state index contributed by atoms with van der Waals surface area (Å²) in [6.07, 6.45) is -0.674. The summed E-state index contributed by atoms with van der Waals surface area (Å²) in [6, 6.07) is 18.1. The second kappa shape index (κ2) is 15.6. The molecule has 0 radical (unpaired) electrons. The topological polar surface area (TPSA) is 163 Å². The van der Waals surface area contributed by atoms with Gasteiger partial charge < -0.3 is 29.6 Å². The fraction of sp³-hybridized carbons (Fsp3) is 0.378. The molecule has 0 bridgehead atoms. The highest BCUT2D eigenvalue weighted by molar-refractivity contribution is 5.84. The fourth-order valence-corrected chi connectivity index (χ4v) is 6.81. The van der Waals surface area contributed by atoms with Crippen LogP contribution in [0.2, 0.25) is 0 Å². The third-order valence-electron chi connectivity index (χ3n) is 9.65. The highest BCUT2D eigenvalue weighted by atomic mass is 19.4. The van der Waals surface area contributed by atoms with E-state index >= 15 is 0 Å². The zero-order valence-corrected chi connectivity index (χ0v) is 29.6. The van der Waals surface area contributed by atoms with E-state index in [4.69, 9.17) is 14.7 Å². The molecule has 1 aliphatic carbocycles. The molecular weight excluding hydrogens is 703 g/mol. The van der Waals surface area contributed by atoms with Gasteiger partial charge in [-0.3, -0.25) is 0 Å². The number of esters is 1. The number of nitrogens with one attached hydrogen (secondary N) is 2. The molecule has 7 rings (SSSR count). The van der Waals surface area contributed by atoms with Crippen LogP contribution < -0.4 is 10.6 Å². The lowest BCUT2D eigenvalue weighted by molar-refractivity contribution is -0.210. The molecule has 54 heavy (non-hydrogen) atoms. The van der Waals surface area contributed by atoms with Crippen molar-refractivity contribution in [2.24, 2.45) is 0 Å². The normalized spacial score (nSPS) is 18.7. The lowest BCUT2D eigenvalue weighted by Gasteiger charge is -2.24. The predicted octanol–water partition coefficient (Wildman–Crippen LogP) is 5.12. The van der Waals surface area contributed by atoms with Gasteiger partial charge in [-0.05, 0) is 30.9 Å². The lowest BCUT2D eigenvalue weighted by atomic mass is 9.91. The number of benzene rings is 2. The van der Waals surface area contributed by atoms with Gasteiger partial charge in [0.2, 0.25) is 5.95 Å². The molecule has 3 N–H and O–H groups in total. The molecule has 2 aromatic carbocycles. The number of rotatable bonds is 14. The maximum atomic E-state index is 13.5. The van der Waals surface area contributed by atoms with Crippen molar-refractivity contribution in [2.75, 3.05) is 23.7 Å². The molecule has 1 aliphatic rings. The van der Waals surface area contributed by atoms with Gasteiger partial charge in [0.25, 0.3) is 0 Å². The van der Waals surface area contributed by atoms with Crippen molar-refractivity contribution in [2.45, 2.75) is 76.0 Å². The number of anilines is 2. The summed E-state index contributed by atoms with van der Waals surface area (Å²) in [5.74, 6) is -1.87. The van der Waals surface area contributed by atoms with Crippen LogP contribution in [0.4, 0.5) is 24.9 Å². The van der Waals surface area contributed by atoms with Crippen molar-refractivity contribution in [3.05, 3.63) is 108 Å². The molecule has 14 nitrogen and oxygen atoms in total. The summed E-state index contributed by atoms with van der Waals surface area (Å²) in [6.45, 7) is 5.54. The molecule has 0 aliphatic heterocycles. The zero-order valence-electron chi connectivity index (χ0n) is 29.6. The van der Waals surface area contributed by atoms with Crippen LogP contribution >= 0.6 is 0 Å². The van der Waals surface area contributed by atoms with E-state index < -0.39 is 36.4 Å². The number of aryl methyl sites for hydroxylation is 2. The first-order valence-corrected chi connectivity index (χ1v) is 17.8. The summed E-state index contributed by atoms with van der Waals surface area (Å²) in [5.41, 5.74) is 4.27. The van der Waals surface area contributed by atoms with Gasteiger partial charge in [-0.1, -0.05) is 67.6 Å². The van der Waals surface area contributed by atoms with Crippen LogP contribution in [-0.2, 0) is 28.9 Å². The first kappa shape index (κ1) is 36.5. The summed E-state index contributed by atoms with van der Waals surface area (Å²) >= 11 is 0. The van der Waals surface area contributed by atoms with Gasteiger partial charge in [-0.25, -0.2) is 14.8 Å². The summed E-state index contributed by atoms with van der Waals surface area (Å²) in [7, 11) is 0. The highest BCUT2D eigenvalue weighted by Crippen LogP contribution is 2.42. The van der Waals surface area contributed by atoms with E-state index in [1.54, 1.807) is 6.33 Å². The minimum atomic E-state index is -5.28. The largest absolute Gasteiger partial charge is 0.490 e.